The molecule has 2 aliphatic heterocycles. The summed E-state index contributed by atoms with van der Waals surface area (Å²) in [5, 5.41) is 3.93. The van der Waals surface area contributed by atoms with Crippen molar-refractivity contribution in [1.82, 2.24) is 4.90 Å². The van der Waals surface area contributed by atoms with Gasteiger partial charge in [0.05, 0.1) is 23.9 Å². The van der Waals surface area contributed by atoms with Crippen LogP contribution < -0.4 is 5.32 Å². The average Bonchev–Trinajstić information content (AvgIpc) is 2.66. The number of thioether (sulfide) groups is 1. The highest BCUT2D eigenvalue weighted by molar-refractivity contribution is 8.13. The number of amides is 1. The summed E-state index contributed by atoms with van der Waals surface area (Å²) in [4.78, 5) is 32.1. The molecule has 1 amide bonds. The van der Waals surface area contributed by atoms with E-state index in [4.69, 9.17) is 4.74 Å². The van der Waals surface area contributed by atoms with Crippen LogP contribution in [-0.2, 0) is 14.3 Å². The van der Waals surface area contributed by atoms with E-state index in [1.165, 1.54) is 0 Å². The standard InChI is InChI=1S/C22H29N3O3S/c1-6-28-19(26)17-14(2)23-21-25(11-8-12-29-21)18(17)15-9-7-10-16(13-15)24-20(27)22(3,4)5/h7,9-10,13,18H,6,8,11-12H2,1-5H3,(H,24,27). The maximum Gasteiger partial charge on any atom is 0.338 e. The lowest BCUT2D eigenvalue weighted by Gasteiger charge is -2.40. The Labute approximate surface area is 176 Å². The molecule has 1 saturated heterocycles. The number of hydrogen-bond acceptors (Lipinski definition) is 6. The Bertz CT molecular complexity index is 870. The fourth-order valence-electron chi connectivity index (χ4n) is 3.39. The highest BCUT2D eigenvalue weighted by Crippen LogP contribution is 2.40. The van der Waals surface area contributed by atoms with Crippen molar-refractivity contribution in [1.29, 1.82) is 0 Å². The highest BCUT2D eigenvalue weighted by Gasteiger charge is 2.38. The normalized spacial score (nSPS) is 19.4. The number of amidine groups is 1. The molecule has 156 valence electrons. The molecule has 3 rings (SSSR count). The Balaban J connectivity index is 2.01. The number of benzene rings is 1. The molecular weight excluding hydrogens is 386 g/mol. The van der Waals surface area contributed by atoms with Gasteiger partial charge in [0.15, 0.2) is 5.17 Å². The zero-order chi connectivity index (χ0) is 21.2. The first-order chi connectivity index (χ1) is 13.7. The predicted molar refractivity (Wildman–Crippen MR) is 118 cm³/mol. The summed E-state index contributed by atoms with van der Waals surface area (Å²) in [6, 6.07) is 7.45. The molecule has 1 atom stereocenters. The van der Waals surface area contributed by atoms with E-state index >= 15 is 0 Å². The van der Waals surface area contributed by atoms with E-state index in [1.807, 2.05) is 52.0 Å². The molecule has 1 aromatic carbocycles. The molecular formula is C22H29N3O3S. The number of allylic oxidation sites excluding steroid dienone is 1. The Hall–Kier alpha value is -2.28. The van der Waals surface area contributed by atoms with Crippen molar-refractivity contribution < 1.29 is 14.3 Å². The number of hydrogen-bond donors (Lipinski definition) is 1. The molecule has 6 nitrogen and oxygen atoms in total. The molecule has 1 aromatic rings. The second-order valence-corrected chi connectivity index (χ2v) is 9.30. The van der Waals surface area contributed by atoms with E-state index in [2.05, 4.69) is 15.2 Å². The lowest BCUT2D eigenvalue weighted by Crippen LogP contribution is -2.42. The van der Waals surface area contributed by atoms with E-state index in [1.54, 1.807) is 18.7 Å². The van der Waals surface area contributed by atoms with Gasteiger partial charge in [-0.1, -0.05) is 44.7 Å². The molecule has 7 heteroatoms. The van der Waals surface area contributed by atoms with Gasteiger partial charge in [-0.2, -0.15) is 0 Å². The van der Waals surface area contributed by atoms with Crippen molar-refractivity contribution >= 4 is 34.5 Å². The second kappa shape index (κ2) is 8.61. The Morgan fingerprint density at radius 2 is 2.10 bits per heavy atom. The van der Waals surface area contributed by atoms with Gasteiger partial charge in [0.25, 0.3) is 0 Å². The third kappa shape index (κ3) is 4.66. The van der Waals surface area contributed by atoms with Gasteiger partial charge in [0.1, 0.15) is 0 Å². The van der Waals surface area contributed by atoms with E-state index < -0.39 is 5.41 Å². The summed E-state index contributed by atoms with van der Waals surface area (Å²) in [5.74, 6) is 0.634. The van der Waals surface area contributed by atoms with Crippen molar-refractivity contribution in [2.45, 2.75) is 47.1 Å². The van der Waals surface area contributed by atoms with Crippen LogP contribution in [0.25, 0.3) is 0 Å². The zero-order valence-electron chi connectivity index (χ0n) is 17.7. The van der Waals surface area contributed by atoms with Gasteiger partial charge in [0, 0.05) is 23.4 Å². The quantitative estimate of drug-likeness (QED) is 0.740. The zero-order valence-corrected chi connectivity index (χ0v) is 18.6. The molecule has 0 aliphatic carbocycles. The Morgan fingerprint density at radius 1 is 1.34 bits per heavy atom. The van der Waals surface area contributed by atoms with Gasteiger partial charge in [-0.05, 0) is 38.0 Å². The lowest BCUT2D eigenvalue weighted by atomic mass is 9.93. The smallest absolute Gasteiger partial charge is 0.338 e. The van der Waals surface area contributed by atoms with Crippen LogP contribution in [-0.4, -0.2) is 40.8 Å². The van der Waals surface area contributed by atoms with Crippen LogP contribution in [0.1, 0.15) is 52.6 Å². The monoisotopic (exact) mass is 415 g/mol. The average molecular weight is 416 g/mol. The van der Waals surface area contributed by atoms with Crippen LogP contribution in [0.2, 0.25) is 0 Å². The number of aliphatic imine (C=N–C) groups is 1. The number of ether oxygens (including phenoxy) is 1. The van der Waals surface area contributed by atoms with Crippen LogP contribution >= 0.6 is 11.8 Å². The summed E-state index contributed by atoms with van der Waals surface area (Å²) in [6.07, 6.45) is 1.02. The minimum absolute atomic E-state index is 0.0496. The first-order valence-corrected chi connectivity index (χ1v) is 11.0. The molecule has 1 N–H and O–H groups in total. The number of rotatable bonds is 4. The molecule has 0 bridgehead atoms. The maximum atomic E-state index is 12.8. The number of nitrogens with one attached hydrogen (secondary N) is 1. The van der Waals surface area contributed by atoms with Crippen LogP contribution in [0, 0.1) is 5.41 Å². The minimum Gasteiger partial charge on any atom is -0.463 e. The van der Waals surface area contributed by atoms with E-state index in [0.29, 0.717) is 17.9 Å². The SMILES string of the molecule is CCOC(=O)C1=C(C)N=C2SCCCN2C1c1cccc(NC(=O)C(C)(C)C)c1. The van der Waals surface area contributed by atoms with E-state index in [-0.39, 0.29) is 17.9 Å². The summed E-state index contributed by atoms with van der Waals surface area (Å²) < 4.78 is 5.35. The molecule has 29 heavy (non-hydrogen) atoms. The fraction of sp³-hybridized carbons (Fsp3) is 0.500. The highest BCUT2D eigenvalue weighted by atomic mass is 32.2. The molecule has 0 saturated carbocycles. The number of carbonyl (C=O) groups is 2. The van der Waals surface area contributed by atoms with Gasteiger partial charge in [-0.15, -0.1) is 0 Å². The Kier molecular flexibility index (Phi) is 6.36. The maximum absolute atomic E-state index is 12.8. The van der Waals surface area contributed by atoms with Gasteiger partial charge in [0.2, 0.25) is 5.91 Å². The van der Waals surface area contributed by atoms with E-state index in [9.17, 15) is 9.59 Å². The van der Waals surface area contributed by atoms with Crippen molar-refractivity contribution in [2.24, 2.45) is 10.4 Å². The van der Waals surface area contributed by atoms with E-state index in [0.717, 1.165) is 35.1 Å². The van der Waals surface area contributed by atoms with Crippen molar-refractivity contribution in [3.05, 3.63) is 41.1 Å². The molecule has 0 spiro atoms. The molecule has 2 heterocycles. The fourth-order valence-corrected chi connectivity index (χ4v) is 4.41. The van der Waals surface area contributed by atoms with Gasteiger partial charge < -0.3 is 15.0 Å². The van der Waals surface area contributed by atoms with Crippen molar-refractivity contribution in [3.63, 3.8) is 0 Å². The predicted octanol–water partition coefficient (Wildman–Crippen LogP) is 4.36. The van der Waals surface area contributed by atoms with Crippen LogP contribution in [0.3, 0.4) is 0 Å². The van der Waals surface area contributed by atoms with Crippen LogP contribution in [0.5, 0.6) is 0 Å². The van der Waals surface area contributed by atoms with Crippen molar-refractivity contribution in [2.75, 3.05) is 24.2 Å². The first kappa shape index (κ1) is 21.4. The number of anilines is 1. The van der Waals surface area contributed by atoms with Crippen LogP contribution in [0.15, 0.2) is 40.5 Å². The molecule has 2 aliphatic rings. The van der Waals surface area contributed by atoms with Crippen LogP contribution in [0.4, 0.5) is 5.69 Å². The number of nitrogens with zero attached hydrogens (tertiary/aromatic N) is 2. The molecule has 0 aromatic heterocycles. The van der Waals surface area contributed by atoms with Gasteiger partial charge in [-0.25, -0.2) is 9.79 Å². The number of fused-ring (bicyclic) bond motifs is 1. The van der Waals surface area contributed by atoms with Crippen molar-refractivity contribution in [3.8, 4) is 0 Å². The Morgan fingerprint density at radius 3 is 2.79 bits per heavy atom. The third-order valence-corrected chi connectivity index (χ3v) is 5.97. The lowest BCUT2D eigenvalue weighted by molar-refractivity contribution is -0.139. The summed E-state index contributed by atoms with van der Waals surface area (Å²) in [6.45, 7) is 10.5. The molecule has 0 radical (unpaired) electrons. The summed E-state index contributed by atoms with van der Waals surface area (Å²) in [7, 11) is 0. The summed E-state index contributed by atoms with van der Waals surface area (Å²) in [5.41, 5.74) is 2.43. The number of esters is 1. The number of carbonyl (C=O) groups excluding carboxylic acids is 2. The topological polar surface area (TPSA) is 71.0 Å². The second-order valence-electron chi connectivity index (χ2n) is 8.24. The summed E-state index contributed by atoms with van der Waals surface area (Å²) >= 11 is 1.71. The first-order valence-electron chi connectivity index (χ1n) is 9.99. The largest absolute Gasteiger partial charge is 0.463 e. The van der Waals surface area contributed by atoms with Gasteiger partial charge in [-0.3, -0.25) is 4.79 Å². The van der Waals surface area contributed by atoms with Gasteiger partial charge >= 0.3 is 5.97 Å². The molecule has 1 unspecified atom stereocenters. The minimum atomic E-state index is -0.489. The third-order valence-electron chi connectivity index (χ3n) is 4.90. The molecule has 1 fully saturated rings.